The third-order valence-electron chi connectivity index (χ3n) is 6.80. The number of rotatable bonds is 6. The van der Waals surface area contributed by atoms with Gasteiger partial charge in [-0.2, -0.15) is 0 Å². The molecule has 5 rings (SSSR count). The van der Waals surface area contributed by atoms with Crippen LogP contribution in [0.25, 0.3) is 0 Å². The summed E-state index contributed by atoms with van der Waals surface area (Å²) in [5.74, 6) is 1.85. The van der Waals surface area contributed by atoms with Crippen molar-refractivity contribution < 1.29 is 4.74 Å². The smallest absolute Gasteiger partial charge is 0.147 e. The maximum atomic E-state index is 5.86. The van der Waals surface area contributed by atoms with Crippen molar-refractivity contribution in [1.29, 1.82) is 0 Å². The van der Waals surface area contributed by atoms with E-state index < -0.39 is 0 Å². The summed E-state index contributed by atoms with van der Waals surface area (Å²) in [6, 6.07) is 4.43. The highest BCUT2D eigenvalue weighted by atomic mass is 79.9. The van der Waals surface area contributed by atoms with Crippen molar-refractivity contribution in [2.75, 3.05) is 6.61 Å². The van der Waals surface area contributed by atoms with Gasteiger partial charge in [-0.1, -0.05) is 20.8 Å². The maximum absolute atomic E-state index is 5.86. The first-order valence-electron chi connectivity index (χ1n) is 10.1. The van der Waals surface area contributed by atoms with Gasteiger partial charge in [0.1, 0.15) is 5.75 Å². The van der Waals surface area contributed by atoms with Crippen LogP contribution in [-0.4, -0.2) is 12.1 Å². The van der Waals surface area contributed by atoms with Gasteiger partial charge in [0.2, 0.25) is 0 Å². The fraction of sp³-hybridized carbons (Fsp3) is 0.727. The summed E-state index contributed by atoms with van der Waals surface area (Å²) in [6.07, 6.45) is 9.43. The van der Waals surface area contributed by atoms with Gasteiger partial charge in [-0.3, -0.25) is 0 Å². The standard InChI is InChI=1S/C22H31Br2NO/c1-4-5-26-19-17(23)6-15(7-18(19)24)11-25-22-10-16-8-20(2,13-22)12-21(3,9-16)14-22/h6-7,16,25H,4-5,8-14H2,1-3H3. The molecule has 4 fully saturated rings. The van der Waals surface area contributed by atoms with Crippen LogP contribution < -0.4 is 10.1 Å². The van der Waals surface area contributed by atoms with Crippen molar-refractivity contribution in [1.82, 2.24) is 5.32 Å². The summed E-state index contributed by atoms with van der Waals surface area (Å²) in [4.78, 5) is 0. The van der Waals surface area contributed by atoms with E-state index in [9.17, 15) is 0 Å². The maximum Gasteiger partial charge on any atom is 0.147 e. The van der Waals surface area contributed by atoms with Crippen LogP contribution in [0.1, 0.15) is 71.3 Å². The minimum atomic E-state index is 0.346. The largest absolute Gasteiger partial charge is 0.491 e. The Bertz CT molecular complexity index is 662. The van der Waals surface area contributed by atoms with Crippen LogP contribution in [0.5, 0.6) is 5.75 Å². The highest BCUT2D eigenvalue weighted by Crippen LogP contribution is 2.66. The third-order valence-corrected chi connectivity index (χ3v) is 7.98. The molecule has 0 saturated heterocycles. The zero-order valence-electron chi connectivity index (χ0n) is 16.3. The molecule has 0 amide bonds. The first kappa shape index (κ1) is 19.3. The molecule has 0 heterocycles. The summed E-state index contributed by atoms with van der Waals surface area (Å²) in [5.41, 5.74) is 2.78. The van der Waals surface area contributed by atoms with Gasteiger partial charge in [-0.05, 0) is 111 Å². The Morgan fingerprint density at radius 1 is 1.04 bits per heavy atom. The molecule has 144 valence electrons. The molecule has 4 saturated carbocycles. The Morgan fingerprint density at radius 2 is 1.65 bits per heavy atom. The Kier molecular flexibility index (Phi) is 5.02. The molecule has 1 aromatic rings. The van der Waals surface area contributed by atoms with Gasteiger partial charge in [0.15, 0.2) is 0 Å². The van der Waals surface area contributed by atoms with E-state index in [-0.39, 0.29) is 0 Å². The Labute approximate surface area is 175 Å². The van der Waals surface area contributed by atoms with Crippen LogP contribution in [0.15, 0.2) is 21.1 Å². The van der Waals surface area contributed by atoms with Crippen LogP contribution in [0.2, 0.25) is 0 Å². The molecule has 4 bridgehead atoms. The number of nitrogens with one attached hydrogen (secondary N) is 1. The highest BCUT2D eigenvalue weighted by Gasteiger charge is 2.59. The quantitative estimate of drug-likeness (QED) is 0.477. The predicted octanol–water partition coefficient (Wildman–Crippen LogP) is 6.84. The molecule has 1 N–H and O–H groups in total. The van der Waals surface area contributed by atoms with Crippen molar-refractivity contribution in [3.05, 3.63) is 26.6 Å². The molecule has 4 aliphatic carbocycles. The summed E-state index contributed by atoms with van der Waals surface area (Å²) in [6.45, 7) is 8.89. The van der Waals surface area contributed by atoms with Crippen molar-refractivity contribution in [2.24, 2.45) is 16.7 Å². The number of benzene rings is 1. The van der Waals surface area contributed by atoms with Crippen LogP contribution >= 0.6 is 31.9 Å². The van der Waals surface area contributed by atoms with E-state index in [0.717, 1.165) is 40.2 Å². The van der Waals surface area contributed by atoms with E-state index in [1.807, 2.05) is 0 Å². The van der Waals surface area contributed by atoms with Gasteiger partial charge < -0.3 is 10.1 Å². The second-order valence-corrected chi connectivity index (χ2v) is 11.7. The van der Waals surface area contributed by atoms with Gasteiger partial charge in [-0.25, -0.2) is 0 Å². The number of halogens is 2. The minimum Gasteiger partial charge on any atom is -0.491 e. The molecule has 0 aliphatic heterocycles. The lowest BCUT2D eigenvalue weighted by Crippen LogP contribution is -2.63. The van der Waals surface area contributed by atoms with Crippen molar-refractivity contribution in [2.45, 2.75) is 77.8 Å². The number of hydrogen-bond donors (Lipinski definition) is 1. The fourth-order valence-corrected chi connectivity index (χ4v) is 8.50. The molecule has 2 atom stereocenters. The predicted molar refractivity (Wildman–Crippen MR) is 115 cm³/mol. The van der Waals surface area contributed by atoms with Crippen LogP contribution in [0.4, 0.5) is 0 Å². The monoisotopic (exact) mass is 483 g/mol. The summed E-state index contributed by atoms with van der Waals surface area (Å²) in [5, 5.41) is 4.03. The summed E-state index contributed by atoms with van der Waals surface area (Å²) < 4.78 is 7.95. The third kappa shape index (κ3) is 3.63. The topological polar surface area (TPSA) is 21.3 Å². The lowest BCUT2D eigenvalue weighted by molar-refractivity contribution is -0.118. The summed E-state index contributed by atoms with van der Waals surface area (Å²) >= 11 is 7.39. The Balaban J connectivity index is 1.49. The molecule has 4 heteroatoms. The number of hydrogen-bond acceptors (Lipinski definition) is 2. The SMILES string of the molecule is CCCOc1c(Br)cc(CNC23CC4CC(C)(CC(C)(C4)C2)C3)cc1Br. The van der Waals surface area contributed by atoms with Gasteiger partial charge >= 0.3 is 0 Å². The van der Waals surface area contributed by atoms with Crippen molar-refractivity contribution >= 4 is 31.9 Å². The van der Waals surface area contributed by atoms with Gasteiger partial charge in [0.25, 0.3) is 0 Å². The molecule has 2 unspecified atom stereocenters. The first-order chi connectivity index (χ1) is 12.2. The average Bonchev–Trinajstić information content (AvgIpc) is 2.49. The van der Waals surface area contributed by atoms with E-state index in [0.29, 0.717) is 16.4 Å². The highest BCUT2D eigenvalue weighted by molar-refractivity contribution is 9.11. The molecule has 0 radical (unpaired) electrons. The van der Waals surface area contributed by atoms with Crippen LogP contribution in [-0.2, 0) is 6.54 Å². The normalized spacial score (nSPS) is 38.0. The molecule has 0 spiro atoms. The molecular formula is C22H31Br2NO. The lowest BCUT2D eigenvalue weighted by atomic mass is 9.43. The molecule has 1 aromatic carbocycles. The van der Waals surface area contributed by atoms with Gasteiger partial charge in [-0.15, -0.1) is 0 Å². The van der Waals surface area contributed by atoms with Gasteiger partial charge in [0, 0.05) is 12.1 Å². The molecule has 0 aromatic heterocycles. The summed E-state index contributed by atoms with van der Waals surface area (Å²) in [7, 11) is 0. The van der Waals surface area contributed by atoms with Crippen molar-refractivity contribution in [3.8, 4) is 5.75 Å². The van der Waals surface area contributed by atoms with E-state index in [1.54, 1.807) is 0 Å². The zero-order chi connectivity index (χ0) is 18.6. The Morgan fingerprint density at radius 3 is 2.19 bits per heavy atom. The Hall–Kier alpha value is -0.0600. The second-order valence-electron chi connectivity index (χ2n) is 10.0. The molecule has 2 nitrogen and oxygen atoms in total. The van der Waals surface area contributed by atoms with Crippen LogP contribution in [0.3, 0.4) is 0 Å². The fourth-order valence-electron chi connectivity index (χ4n) is 6.99. The van der Waals surface area contributed by atoms with Gasteiger partial charge in [0.05, 0.1) is 15.6 Å². The van der Waals surface area contributed by atoms with E-state index in [2.05, 4.69) is 70.1 Å². The second kappa shape index (κ2) is 6.77. The van der Waals surface area contributed by atoms with E-state index in [1.165, 1.54) is 44.1 Å². The number of ether oxygens (including phenoxy) is 1. The van der Waals surface area contributed by atoms with Crippen LogP contribution in [0, 0.1) is 16.7 Å². The molecule has 4 aliphatic rings. The van der Waals surface area contributed by atoms with Crippen molar-refractivity contribution in [3.63, 3.8) is 0 Å². The average molecular weight is 485 g/mol. The minimum absolute atomic E-state index is 0.346. The molecular weight excluding hydrogens is 454 g/mol. The first-order valence-corrected chi connectivity index (χ1v) is 11.7. The van der Waals surface area contributed by atoms with E-state index >= 15 is 0 Å². The zero-order valence-corrected chi connectivity index (χ0v) is 19.4. The lowest BCUT2D eigenvalue weighted by Gasteiger charge is -2.65. The molecule has 26 heavy (non-hydrogen) atoms. The van der Waals surface area contributed by atoms with E-state index in [4.69, 9.17) is 4.74 Å².